The van der Waals surface area contributed by atoms with Gasteiger partial charge in [0.15, 0.2) is 0 Å². The monoisotopic (exact) mass is 173 g/mol. The fraction of sp³-hybridized carbons (Fsp3) is 0.143. The van der Waals surface area contributed by atoms with Crippen molar-refractivity contribution in [2.45, 2.75) is 11.8 Å². The van der Waals surface area contributed by atoms with E-state index in [-0.39, 0.29) is 4.90 Å². The minimum atomic E-state index is -2.27. The van der Waals surface area contributed by atoms with Crippen molar-refractivity contribution < 1.29 is 13.2 Å². The average Bonchev–Trinajstić information content (AvgIpc) is 1.85. The summed E-state index contributed by atoms with van der Waals surface area (Å²) in [6.45, 7) is 1.55. The van der Waals surface area contributed by atoms with Gasteiger partial charge in [0.25, 0.3) is 0 Å². The summed E-state index contributed by atoms with van der Waals surface area (Å²) in [6.07, 6.45) is 0. The summed E-state index contributed by atoms with van der Waals surface area (Å²) in [4.78, 5) is 0.145. The minimum absolute atomic E-state index is 0.145. The number of rotatable bonds is 1. The van der Waals surface area contributed by atoms with Gasteiger partial charge in [0.2, 0.25) is 0 Å². The summed E-state index contributed by atoms with van der Waals surface area (Å²) in [6, 6.07) is 3.55. The first-order valence-corrected chi connectivity index (χ1v) is 4.04. The van der Waals surface area contributed by atoms with E-state index in [1.54, 1.807) is 6.92 Å². The van der Waals surface area contributed by atoms with Crippen molar-refractivity contribution in [1.82, 2.24) is 0 Å². The second-order valence-electron chi connectivity index (χ2n) is 2.14. The van der Waals surface area contributed by atoms with Crippen LogP contribution in [0.5, 0.6) is 0 Å². The molecule has 0 heterocycles. The molecule has 0 aromatic heterocycles. The van der Waals surface area contributed by atoms with Crippen LogP contribution in [0.4, 0.5) is 4.39 Å². The number of halogens is 1. The molecule has 0 radical (unpaired) electrons. The van der Waals surface area contributed by atoms with Crippen molar-refractivity contribution in [2.75, 3.05) is 0 Å². The van der Waals surface area contributed by atoms with E-state index in [0.717, 1.165) is 6.07 Å². The topological polar surface area (TPSA) is 40.1 Å². The third-order valence-corrected chi connectivity index (χ3v) is 2.13. The highest BCUT2D eigenvalue weighted by Crippen LogP contribution is 2.12. The van der Waals surface area contributed by atoms with Crippen molar-refractivity contribution in [3.8, 4) is 0 Å². The van der Waals surface area contributed by atoms with Gasteiger partial charge in [-0.3, -0.25) is 4.21 Å². The van der Waals surface area contributed by atoms with Crippen LogP contribution in [0.2, 0.25) is 0 Å². The molecule has 0 bridgehead atoms. The van der Waals surface area contributed by atoms with Crippen molar-refractivity contribution in [3.63, 3.8) is 0 Å². The maximum absolute atomic E-state index is 12.4. The van der Waals surface area contributed by atoms with Gasteiger partial charge >= 0.3 is 0 Å². The van der Waals surface area contributed by atoms with Crippen LogP contribution in [-0.4, -0.2) is 8.76 Å². The maximum atomic E-state index is 12.4. The second kappa shape index (κ2) is 3.11. The molecular weight excluding hydrogens is 167 g/mol. The first-order valence-electron chi connectivity index (χ1n) is 2.96. The normalized spacial score (nSPS) is 13.0. The van der Waals surface area contributed by atoms with Gasteiger partial charge in [0.05, 0.1) is 0 Å². The zero-order valence-corrected chi connectivity index (χ0v) is 6.65. The molecule has 1 atom stereocenters. The van der Waals surface area contributed by atoms with E-state index in [1.807, 2.05) is 0 Å². The van der Waals surface area contributed by atoms with Crippen molar-refractivity contribution in [1.29, 1.82) is 0 Å². The van der Waals surface area contributed by atoms with Crippen LogP contribution in [0.25, 0.3) is 0 Å². The third kappa shape index (κ3) is 1.85. The Balaban J connectivity index is 3.20. The number of hydrogen-bond acceptors (Lipinski definition) is 2. The molecule has 0 saturated carbocycles. The highest BCUT2D eigenvalue weighted by molar-refractivity contribution is 7.79. The van der Waals surface area contributed by atoms with Crippen LogP contribution in [0, 0.1) is 12.7 Å². The van der Waals surface area contributed by atoms with Gasteiger partial charge in [-0.15, -0.1) is 0 Å². The third-order valence-electron chi connectivity index (χ3n) is 1.32. The summed E-state index contributed by atoms with van der Waals surface area (Å²) < 4.78 is 33.2. The molecule has 1 rings (SSSR count). The lowest BCUT2D eigenvalue weighted by molar-refractivity contribution is 0.536. The highest BCUT2D eigenvalue weighted by Gasteiger charge is 1.98. The maximum Gasteiger partial charge on any atom is 0.123 e. The van der Waals surface area contributed by atoms with E-state index >= 15 is 0 Å². The van der Waals surface area contributed by atoms with E-state index in [9.17, 15) is 13.2 Å². The lowest BCUT2D eigenvalue weighted by atomic mass is 10.2. The van der Waals surface area contributed by atoms with Crippen LogP contribution in [-0.2, 0) is 11.1 Å². The van der Waals surface area contributed by atoms with Crippen LogP contribution >= 0.6 is 0 Å². The molecule has 0 N–H and O–H groups in total. The van der Waals surface area contributed by atoms with Gasteiger partial charge < -0.3 is 4.55 Å². The fourth-order valence-electron chi connectivity index (χ4n) is 0.800. The van der Waals surface area contributed by atoms with Gasteiger partial charge in [-0.25, -0.2) is 4.39 Å². The van der Waals surface area contributed by atoms with Gasteiger partial charge in [0, 0.05) is 4.90 Å². The zero-order valence-electron chi connectivity index (χ0n) is 5.83. The summed E-state index contributed by atoms with van der Waals surface area (Å²) >= 11 is -2.27. The van der Waals surface area contributed by atoms with Gasteiger partial charge in [-0.2, -0.15) is 0 Å². The summed E-state index contributed by atoms with van der Waals surface area (Å²) in [7, 11) is 0. The first kappa shape index (κ1) is 8.36. The number of benzene rings is 1. The van der Waals surface area contributed by atoms with Crippen molar-refractivity contribution in [2.24, 2.45) is 0 Å². The van der Waals surface area contributed by atoms with Gasteiger partial charge in [-0.1, -0.05) is 0 Å². The van der Waals surface area contributed by atoms with E-state index in [4.69, 9.17) is 0 Å². The summed E-state index contributed by atoms with van der Waals surface area (Å²) in [5, 5.41) is 0. The molecule has 0 amide bonds. The predicted molar refractivity (Wildman–Crippen MR) is 38.3 cm³/mol. The van der Waals surface area contributed by atoms with Gasteiger partial charge in [-0.05, 0) is 41.8 Å². The summed E-state index contributed by atoms with van der Waals surface area (Å²) in [5.41, 5.74) is 0.429. The van der Waals surface area contributed by atoms with E-state index in [2.05, 4.69) is 0 Å². The largest absolute Gasteiger partial charge is 0.768 e. The average molecular weight is 173 g/mol. The minimum Gasteiger partial charge on any atom is -0.768 e. The Labute approximate surface area is 66.3 Å². The molecule has 0 aliphatic heterocycles. The van der Waals surface area contributed by atoms with Crippen LogP contribution in [0.15, 0.2) is 23.1 Å². The molecule has 60 valence electrons. The molecule has 0 aliphatic carbocycles. The Morgan fingerprint density at radius 3 is 2.64 bits per heavy atom. The molecule has 0 saturated heterocycles. The molecular formula is C7H6FO2S-. The lowest BCUT2D eigenvalue weighted by Gasteiger charge is -2.07. The number of aryl methyl sites for hydroxylation is 1. The molecule has 2 nitrogen and oxygen atoms in total. The van der Waals surface area contributed by atoms with E-state index in [0.29, 0.717) is 5.56 Å². The Morgan fingerprint density at radius 2 is 2.18 bits per heavy atom. The summed E-state index contributed by atoms with van der Waals surface area (Å²) in [5.74, 6) is -0.420. The Kier molecular flexibility index (Phi) is 2.36. The fourth-order valence-corrected chi connectivity index (χ4v) is 1.30. The smallest absolute Gasteiger partial charge is 0.123 e. The van der Waals surface area contributed by atoms with Crippen LogP contribution < -0.4 is 0 Å². The van der Waals surface area contributed by atoms with Crippen molar-refractivity contribution in [3.05, 3.63) is 29.6 Å². The van der Waals surface area contributed by atoms with Gasteiger partial charge in [0.1, 0.15) is 5.82 Å². The van der Waals surface area contributed by atoms with Crippen LogP contribution in [0.1, 0.15) is 5.56 Å². The molecule has 4 heteroatoms. The van der Waals surface area contributed by atoms with Crippen molar-refractivity contribution >= 4 is 11.1 Å². The lowest BCUT2D eigenvalue weighted by Crippen LogP contribution is -1.92. The molecule has 1 unspecified atom stereocenters. The standard InChI is InChI=1S/C7H7FO2S/c1-5-4-6(8)2-3-7(5)11(9)10/h2-4H,1H3,(H,9,10)/p-1. The Bertz CT molecular complexity index is 298. The highest BCUT2D eigenvalue weighted by atomic mass is 32.2. The molecule has 0 spiro atoms. The zero-order chi connectivity index (χ0) is 8.43. The van der Waals surface area contributed by atoms with E-state index in [1.165, 1.54) is 12.1 Å². The number of hydrogen-bond donors (Lipinski definition) is 0. The Hall–Kier alpha value is -0.740. The Morgan fingerprint density at radius 1 is 1.55 bits per heavy atom. The van der Waals surface area contributed by atoms with Crippen LogP contribution in [0.3, 0.4) is 0 Å². The molecule has 1 aromatic carbocycles. The predicted octanol–water partition coefficient (Wildman–Crippen LogP) is 1.37. The van der Waals surface area contributed by atoms with E-state index < -0.39 is 16.9 Å². The molecule has 11 heavy (non-hydrogen) atoms. The molecule has 0 aliphatic rings. The molecule has 1 aromatic rings. The SMILES string of the molecule is Cc1cc(F)ccc1S(=O)[O-]. The second-order valence-corrected chi connectivity index (χ2v) is 3.05. The first-order chi connectivity index (χ1) is 5.11. The quantitative estimate of drug-likeness (QED) is 0.602. The molecule has 0 fully saturated rings.